The van der Waals surface area contributed by atoms with Gasteiger partial charge in [-0.25, -0.2) is 0 Å². The van der Waals surface area contributed by atoms with Gasteiger partial charge in [-0.15, -0.1) is 0 Å². The summed E-state index contributed by atoms with van der Waals surface area (Å²) in [5, 5.41) is 8.30. The van der Waals surface area contributed by atoms with Crippen molar-refractivity contribution in [3.63, 3.8) is 0 Å². The van der Waals surface area contributed by atoms with Gasteiger partial charge < -0.3 is 47.7 Å². The number of hydrogen-bond donors (Lipinski definition) is 1. The van der Waals surface area contributed by atoms with Crippen LogP contribution in [-0.4, -0.2) is 75.7 Å². The van der Waals surface area contributed by atoms with Gasteiger partial charge in [-0.1, -0.05) is 35.6 Å². The SMILES string of the molecule is C.C.C=C1OC(C)=C(CC(C)(C)C)O1.C=C1OC(C)=C(COC(=O)C(C)(C)C)O1.CC(C)(C)C(=O)OCCO.CCOC(=O)C(C)(C)C.COCCOC(=O)C(C)(C)C. The zero-order valence-electron chi connectivity index (χ0n) is 38.6. The maximum Gasteiger partial charge on any atom is 0.311 e. The lowest BCUT2D eigenvalue weighted by Gasteiger charge is -2.17. The monoisotopic (exact) mass is 849 g/mol. The Bertz CT molecular complexity index is 1350. The first-order chi connectivity index (χ1) is 25.6. The molecular formula is C45H84O14. The third-order valence-electron chi connectivity index (χ3n) is 6.39. The lowest BCUT2D eigenvalue weighted by atomic mass is 9.91. The highest BCUT2D eigenvalue weighted by Gasteiger charge is 2.27. The summed E-state index contributed by atoms with van der Waals surface area (Å²) in [6.45, 7) is 42.0. The molecule has 0 saturated heterocycles. The largest absolute Gasteiger partial charge is 0.466 e. The van der Waals surface area contributed by atoms with E-state index in [0.29, 0.717) is 37.3 Å². The number of carbonyl (C=O) groups is 4. The Kier molecular flexibility index (Phi) is 31.8. The van der Waals surface area contributed by atoms with E-state index >= 15 is 0 Å². The van der Waals surface area contributed by atoms with Crippen LogP contribution in [0.25, 0.3) is 0 Å². The van der Waals surface area contributed by atoms with Crippen LogP contribution in [0.2, 0.25) is 0 Å². The number of esters is 4. The second-order valence-corrected chi connectivity index (χ2v) is 18.1. The van der Waals surface area contributed by atoms with Crippen molar-refractivity contribution in [2.45, 2.75) is 146 Å². The number of rotatable bonds is 9. The first-order valence-electron chi connectivity index (χ1n) is 18.9. The number of ether oxygens (including phenoxy) is 9. The molecule has 0 aromatic rings. The molecule has 0 amide bonds. The lowest BCUT2D eigenvalue weighted by Crippen LogP contribution is -2.24. The van der Waals surface area contributed by atoms with Gasteiger partial charge in [-0.3, -0.25) is 19.2 Å². The van der Waals surface area contributed by atoms with E-state index in [4.69, 9.17) is 43.0 Å². The standard InChI is InChI=1S/C11H16O4.C10H16O2.C8H16O3.C7H14O3.C7H14O2.2CH4/c1-7-9(15-8(2)14-7)6-13-10(12)11(3,4)5;1-7-9(6-10(3,4)5)12-8(2)11-7;1-8(2,3)7(9)11-6-5-10-4;1-7(2,3)6(9)10-5-4-8;1-5-9-6(8)7(2,3)4;;/h2,6H2,1,3-5H3;2,6H2,1,3-5H3;5-6H2,1-4H3;8H,4-5H2,1-3H3;5H2,1-4H3;2*1H4. The first kappa shape index (κ1) is 64.1. The van der Waals surface area contributed by atoms with Gasteiger partial charge >= 0.3 is 23.9 Å². The van der Waals surface area contributed by atoms with Crippen molar-refractivity contribution in [2.75, 3.05) is 46.8 Å². The van der Waals surface area contributed by atoms with E-state index < -0.39 is 16.2 Å². The van der Waals surface area contributed by atoms with E-state index in [-0.39, 0.29) is 75.3 Å². The van der Waals surface area contributed by atoms with Crippen LogP contribution >= 0.6 is 0 Å². The molecule has 0 atom stereocenters. The zero-order chi connectivity index (χ0) is 45.6. The summed E-state index contributed by atoms with van der Waals surface area (Å²) in [6.07, 6.45) is 0.887. The molecule has 2 heterocycles. The summed E-state index contributed by atoms with van der Waals surface area (Å²) < 4.78 is 44.8. The summed E-state index contributed by atoms with van der Waals surface area (Å²) in [5.41, 5.74) is -1.51. The summed E-state index contributed by atoms with van der Waals surface area (Å²) in [5.74, 6) is 2.58. The maximum absolute atomic E-state index is 11.4. The van der Waals surface area contributed by atoms with Gasteiger partial charge in [0.15, 0.2) is 12.4 Å². The molecule has 0 saturated carbocycles. The van der Waals surface area contributed by atoms with E-state index in [1.54, 1.807) is 55.6 Å². The van der Waals surface area contributed by atoms with Gasteiger partial charge in [0.25, 0.3) is 11.9 Å². The summed E-state index contributed by atoms with van der Waals surface area (Å²) in [6, 6.07) is 0. The number of methoxy groups -OCH3 is 1. The summed E-state index contributed by atoms with van der Waals surface area (Å²) >= 11 is 0. The van der Waals surface area contributed by atoms with Crippen molar-refractivity contribution in [1.82, 2.24) is 0 Å². The third kappa shape index (κ3) is 33.5. The highest BCUT2D eigenvalue weighted by atomic mass is 16.7. The molecule has 0 aliphatic carbocycles. The third-order valence-corrected chi connectivity index (χ3v) is 6.39. The number of aliphatic hydroxyl groups is 1. The predicted molar refractivity (Wildman–Crippen MR) is 232 cm³/mol. The molecule has 14 heteroatoms. The van der Waals surface area contributed by atoms with Gasteiger partial charge in [0.1, 0.15) is 30.5 Å². The van der Waals surface area contributed by atoms with Gasteiger partial charge in [0, 0.05) is 13.5 Å². The molecule has 0 unspecified atom stereocenters. The van der Waals surface area contributed by atoms with Crippen LogP contribution in [-0.2, 0) is 61.8 Å². The second-order valence-electron chi connectivity index (χ2n) is 18.1. The fraction of sp³-hybridized carbons (Fsp3) is 0.733. The first-order valence-corrected chi connectivity index (χ1v) is 18.9. The quantitative estimate of drug-likeness (QED) is 0.132. The predicted octanol–water partition coefficient (Wildman–Crippen LogP) is 10.2. The van der Waals surface area contributed by atoms with Crippen molar-refractivity contribution in [1.29, 1.82) is 0 Å². The Balaban J connectivity index is -0.000000207. The molecule has 0 aromatic carbocycles. The minimum absolute atomic E-state index is 0. The van der Waals surface area contributed by atoms with Crippen LogP contribution in [0.3, 0.4) is 0 Å². The van der Waals surface area contributed by atoms with E-state index in [1.165, 1.54) is 0 Å². The smallest absolute Gasteiger partial charge is 0.311 e. The lowest BCUT2D eigenvalue weighted by molar-refractivity contribution is -0.154. The average Bonchev–Trinajstić information content (AvgIpc) is 3.53. The number of allylic oxidation sites excluding steroid dienone is 3. The van der Waals surface area contributed by atoms with Crippen molar-refractivity contribution in [3.8, 4) is 0 Å². The normalized spacial score (nSPS) is 13.4. The molecule has 0 spiro atoms. The molecule has 2 aliphatic heterocycles. The molecule has 2 aliphatic rings. The van der Waals surface area contributed by atoms with Crippen LogP contribution in [0.5, 0.6) is 0 Å². The van der Waals surface area contributed by atoms with E-state index in [2.05, 4.69) is 38.7 Å². The van der Waals surface area contributed by atoms with E-state index in [0.717, 1.165) is 17.9 Å². The molecule has 2 rings (SSSR count). The van der Waals surface area contributed by atoms with Crippen LogP contribution in [0.15, 0.2) is 48.1 Å². The van der Waals surface area contributed by atoms with Crippen molar-refractivity contribution in [2.24, 2.45) is 27.1 Å². The Morgan fingerprint density at radius 1 is 0.542 bits per heavy atom. The molecule has 14 nitrogen and oxygen atoms in total. The second kappa shape index (κ2) is 29.2. The Morgan fingerprint density at radius 2 is 0.881 bits per heavy atom. The van der Waals surface area contributed by atoms with Gasteiger partial charge in [-0.2, -0.15) is 0 Å². The van der Waals surface area contributed by atoms with Crippen LogP contribution in [0.4, 0.5) is 0 Å². The van der Waals surface area contributed by atoms with Crippen molar-refractivity contribution < 1.29 is 66.9 Å². The minimum Gasteiger partial charge on any atom is -0.466 e. The van der Waals surface area contributed by atoms with Gasteiger partial charge in [0.05, 0.1) is 41.5 Å². The summed E-state index contributed by atoms with van der Waals surface area (Å²) in [4.78, 5) is 44.2. The van der Waals surface area contributed by atoms with Crippen molar-refractivity contribution >= 4 is 23.9 Å². The van der Waals surface area contributed by atoms with Crippen LogP contribution in [0.1, 0.15) is 146 Å². The molecule has 0 aromatic heterocycles. The minimum atomic E-state index is -0.509. The molecule has 59 heavy (non-hydrogen) atoms. The van der Waals surface area contributed by atoms with E-state index in [1.807, 2.05) is 55.4 Å². The molecule has 1 N–H and O–H groups in total. The van der Waals surface area contributed by atoms with Gasteiger partial charge in [-0.05, 0) is 122 Å². The summed E-state index contributed by atoms with van der Waals surface area (Å²) in [7, 11) is 1.57. The zero-order valence-corrected chi connectivity index (χ0v) is 38.6. The van der Waals surface area contributed by atoms with Gasteiger partial charge in [0.2, 0.25) is 0 Å². The topological polar surface area (TPSA) is 172 Å². The fourth-order valence-electron chi connectivity index (χ4n) is 3.17. The molecule has 0 fully saturated rings. The molecule has 0 radical (unpaired) electrons. The van der Waals surface area contributed by atoms with E-state index in [9.17, 15) is 19.2 Å². The molecule has 0 bridgehead atoms. The molecule has 348 valence electrons. The Morgan fingerprint density at radius 3 is 1.15 bits per heavy atom. The number of carbonyl (C=O) groups excluding carboxylic acids is 4. The number of aliphatic hydroxyl groups excluding tert-OH is 1. The maximum atomic E-state index is 11.4. The Labute approximate surface area is 358 Å². The highest BCUT2D eigenvalue weighted by Crippen LogP contribution is 2.33. The Hall–Kier alpha value is -4.04. The number of hydrogen-bond acceptors (Lipinski definition) is 14. The van der Waals surface area contributed by atoms with Crippen molar-refractivity contribution in [3.05, 3.63) is 48.1 Å². The molecular weight excluding hydrogens is 764 g/mol. The average molecular weight is 849 g/mol. The fourth-order valence-corrected chi connectivity index (χ4v) is 3.17. The van der Waals surface area contributed by atoms with Crippen LogP contribution in [0, 0.1) is 27.1 Å². The van der Waals surface area contributed by atoms with Crippen LogP contribution < -0.4 is 0 Å². The highest BCUT2D eigenvalue weighted by molar-refractivity contribution is 5.76.